The third-order valence-corrected chi connectivity index (χ3v) is 4.18. The Labute approximate surface area is 141 Å². The second kappa shape index (κ2) is 7.23. The number of nitrogens with zero attached hydrogens (tertiary/aromatic N) is 5. The number of hydrogen-bond acceptors (Lipinski definition) is 7. The highest BCUT2D eigenvalue weighted by atomic mass is 16.5. The van der Waals surface area contributed by atoms with Gasteiger partial charge in [-0.2, -0.15) is 5.26 Å². The van der Waals surface area contributed by atoms with E-state index in [2.05, 4.69) is 31.2 Å². The van der Waals surface area contributed by atoms with Crippen LogP contribution in [0.2, 0.25) is 0 Å². The summed E-state index contributed by atoms with van der Waals surface area (Å²) in [4.78, 5) is 14.7. The quantitative estimate of drug-likeness (QED) is 0.896. The lowest BCUT2D eigenvalue weighted by Gasteiger charge is -2.25. The highest BCUT2D eigenvalue weighted by Gasteiger charge is 2.32. The fourth-order valence-electron chi connectivity index (χ4n) is 3.04. The van der Waals surface area contributed by atoms with E-state index in [1.807, 2.05) is 19.1 Å². The fourth-order valence-corrected chi connectivity index (χ4v) is 3.04. The minimum Gasteiger partial charge on any atom is -0.383 e. The Balaban J connectivity index is 1.73. The Hall–Kier alpha value is -2.72. The number of nitriles is 1. The molecule has 0 aliphatic carbocycles. The molecule has 0 bridgehead atoms. The van der Waals surface area contributed by atoms with E-state index in [4.69, 9.17) is 10.00 Å². The highest BCUT2D eigenvalue weighted by molar-refractivity contribution is 5.49. The van der Waals surface area contributed by atoms with E-state index in [1.54, 1.807) is 25.7 Å². The van der Waals surface area contributed by atoms with Gasteiger partial charge in [0.25, 0.3) is 0 Å². The summed E-state index contributed by atoms with van der Waals surface area (Å²) in [7, 11) is 1.74. The minimum atomic E-state index is 0.181. The van der Waals surface area contributed by atoms with Gasteiger partial charge in [0, 0.05) is 37.8 Å². The number of aryl methyl sites for hydroxylation is 1. The molecule has 2 atom stereocenters. The number of nitrogens with one attached hydrogen (secondary N) is 1. The molecule has 1 fully saturated rings. The summed E-state index contributed by atoms with van der Waals surface area (Å²) in [5.74, 6) is 0.903. The number of hydrogen-bond donors (Lipinski definition) is 1. The fraction of sp³-hybridized carbons (Fsp3) is 0.412. The van der Waals surface area contributed by atoms with Gasteiger partial charge in [-0.3, -0.25) is 0 Å². The van der Waals surface area contributed by atoms with E-state index in [0.717, 1.165) is 36.7 Å². The second-order valence-electron chi connectivity index (χ2n) is 5.84. The van der Waals surface area contributed by atoms with Gasteiger partial charge in [0.15, 0.2) is 0 Å². The Bertz CT molecular complexity index is 730. The maximum absolute atomic E-state index is 9.04. The first-order valence-electron chi connectivity index (χ1n) is 7.87. The first-order valence-corrected chi connectivity index (χ1v) is 7.87. The van der Waals surface area contributed by atoms with Crippen LogP contribution in [-0.2, 0) is 4.74 Å². The molecule has 0 spiro atoms. The average molecular weight is 324 g/mol. The van der Waals surface area contributed by atoms with Crippen LogP contribution >= 0.6 is 0 Å². The van der Waals surface area contributed by atoms with Crippen molar-refractivity contribution in [1.82, 2.24) is 15.0 Å². The van der Waals surface area contributed by atoms with Crippen LogP contribution in [0.1, 0.15) is 17.8 Å². The van der Waals surface area contributed by atoms with Crippen LogP contribution in [0.15, 0.2) is 30.7 Å². The molecule has 0 radical (unpaired) electrons. The van der Waals surface area contributed by atoms with Gasteiger partial charge in [-0.25, -0.2) is 15.0 Å². The predicted octanol–water partition coefficient (Wildman–Crippen LogP) is 1.76. The van der Waals surface area contributed by atoms with E-state index in [1.165, 1.54) is 0 Å². The molecule has 7 nitrogen and oxygen atoms in total. The molecule has 0 saturated carbocycles. The van der Waals surface area contributed by atoms with Gasteiger partial charge < -0.3 is 15.0 Å². The number of pyridine rings is 1. The van der Waals surface area contributed by atoms with Gasteiger partial charge in [0.2, 0.25) is 0 Å². The molecule has 1 saturated heterocycles. The first kappa shape index (κ1) is 16.1. The van der Waals surface area contributed by atoms with Crippen molar-refractivity contribution >= 4 is 11.5 Å². The van der Waals surface area contributed by atoms with Crippen LogP contribution in [0.3, 0.4) is 0 Å². The molecule has 1 aliphatic heterocycles. The number of anilines is 2. The summed E-state index contributed by atoms with van der Waals surface area (Å²) in [5, 5.41) is 12.5. The molecule has 0 unspecified atom stereocenters. The van der Waals surface area contributed by atoms with E-state index < -0.39 is 0 Å². The van der Waals surface area contributed by atoms with Crippen molar-refractivity contribution in [2.24, 2.45) is 0 Å². The van der Waals surface area contributed by atoms with Crippen molar-refractivity contribution in [2.75, 3.05) is 30.4 Å². The maximum atomic E-state index is 9.04. The Morgan fingerprint density at radius 3 is 3.04 bits per heavy atom. The SMILES string of the molecule is CO[C@@H]1C[C@H](CNc2cc(C)nc(C#N)c2)N(c2ccncn2)C1. The smallest absolute Gasteiger partial charge is 0.142 e. The molecule has 0 amide bonds. The molecule has 3 rings (SSSR count). The highest BCUT2D eigenvalue weighted by Crippen LogP contribution is 2.25. The first-order chi connectivity index (χ1) is 11.7. The lowest BCUT2D eigenvalue weighted by atomic mass is 10.2. The van der Waals surface area contributed by atoms with E-state index >= 15 is 0 Å². The predicted molar refractivity (Wildman–Crippen MR) is 90.8 cm³/mol. The number of ether oxygens (including phenoxy) is 1. The van der Waals surface area contributed by atoms with Crippen molar-refractivity contribution in [3.63, 3.8) is 0 Å². The van der Waals surface area contributed by atoms with Crippen LogP contribution in [0, 0.1) is 18.3 Å². The summed E-state index contributed by atoms with van der Waals surface area (Å²) >= 11 is 0. The van der Waals surface area contributed by atoms with Crippen LogP contribution in [0.25, 0.3) is 0 Å². The average Bonchev–Trinajstić information content (AvgIpc) is 3.03. The van der Waals surface area contributed by atoms with Crippen LogP contribution in [-0.4, -0.2) is 47.3 Å². The Morgan fingerprint density at radius 1 is 1.46 bits per heavy atom. The molecule has 1 N–H and O–H groups in total. The number of rotatable bonds is 5. The summed E-state index contributed by atoms with van der Waals surface area (Å²) in [6.45, 7) is 3.42. The summed E-state index contributed by atoms with van der Waals surface area (Å²) in [6.07, 6.45) is 4.41. The van der Waals surface area contributed by atoms with E-state index in [-0.39, 0.29) is 12.1 Å². The second-order valence-corrected chi connectivity index (χ2v) is 5.84. The zero-order valence-electron chi connectivity index (χ0n) is 13.8. The lowest BCUT2D eigenvalue weighted by molar-refractivity contribution is 0.118. The normalized spacial score (nSPS) is 20.0. The molecule has 3 heterocycles. The molecule has 0 aromatic carbocycles. The molecular formula is C17H20N6O. The van der Waals surface area contributed by atoms with Crippen molar-refractivity contribution in [3.8, 4) is 6.07 Å². The van der Waals surface area contributed by atoms with Crippen molar-refractivity contribution < 1.29 is 4.74 Å². The summed E-state index contributed by atoms with van der Waals surface area (Å²) in [5.41, 5.74) is 2.15. The van der Waals surface area contributed by atoms with E-state index in [0.29, 0.717) is 5.69 Å². The van der Waals surface area contributed by atoms with Crippen molar-refractivity contribution in [1.29, 1.82) is 5.26 Å². The standard InChI is InChI=1S/C17H20N6O/c1-12-5-13(6-14(8-18)22-12)20-9-15-7-16(24-2)10-23(15)17-3-4-19-11-21-17/h3-6,11,15-16H,7,9-10H2,1-2H3,(H,20,22)/t15-,16-/m1/s1. The Kier molecular flexibility index (Phi) is 4.87. The number of methoxy groups -OCH3 is 1. The molecule has 2 aromatic heterocycles. The molecule has 1 aliphatic rings. The van der Waals surface area contributed by atoms with Gasteiger partial charge >= 0.3 is 0 Å². The van der Waals surface area contributed by atoms with Crippen LogP contribution in [0.4, 0.5) is 11.5 Å². The minimum absolute atomic E-state index is 0.181. The van der Waals surface area contributed by atoms with Gasteiger partial charge in [-0.15, -0.1) is 0 Å². The summed E-state index contributed by atoms with van der Waals surface area (Å²) in [6, 6.07) is 7.97. The van der Waals surface area contributed by atoms with Crippen LogP contribution < -0.4 is 10.2 Å². The third-order valence-electron chi connectivity index (χ3n) is 4.18. The molecule has 24 heavy (non-hydrogen) atoms. The molecule has 2 aromatic rings. The van der Waals surface area contributed by atoms with Crippen LogP contribution in [0.5, 0.6) is 0 Å². The lowest BCUT2D eigenvalue weighted by Crippen LogP contribution is -2.35. The number of aromatic nitrogens is 3. The van der Waals surface area contributed by atoms with E-state index in [9.17, 15) is 0 Å². The van der Waals surface area contributed by atoms with Gasteiger partial charge in [0.1, 0.15) is 23.9 Å². The topological polar surface area (TPSA) is 87.0 Å². The summed E-state index contributed by atoms with van der Waals surface area (Å²) < 4.78 is 5.53. The van der Waals surface area contributed by atoms with Gasteiger partial charge in [0.05, 0.1) is 12.1 Å². The zero-order chi connectivity index (χ0) is 16.9. The molecule has 7 heteroatoms. The molecular weight excluding hydrogens is 304 g/mol. The van der Waals surface area contributed by atoms with Gasteiger partial charge in [-0.05, 0) is 31.5 Å². The molecule has 124 valence electrons. The van der Waals surface area contributed by atoms with Crippen molar-refractivity contribution in [3.05, 3.63) is 42.1 Å². The third kappa shape index (κ3) is 3.60. The van der Waals surface area contributed by atoms with Crippen molar-refractivity contribution in [2.45, 2.75) is 25.5 Å². The maximum Gasteiger partial charge on any atom is 0.142 e. The van der Waals surface area contributed by atoms with Gasteiger partial charge in [-0.1, -0.05) is 0 Å². The monoisotopic (exact) mass is 324 g/mol. The Morgan fingerprint density at radius 2 is 2.33 bits per heavy atom. The largest absolute Gasteiger partial charge is 0.383 e. The zero-order valence-corrected chi connectivity index (χ0v) is 13.8.